The second-order valence-corrected chi connectivity index (χ2v) is 4.52. The summed E-state index contributed by atoms with van der Waals surface area (Å²) < 4.78 is 14.4. The van der Waals surface area contributed by atoms with E-state index in [1.54, 1.807) is 0 Å². The third-order valence-corrected chi connectivity index (χ3v) is 3.26. The molecule has 5 heteroatoms. The van der Waals surface area contributed by atoms with Gasteiger partial charge in [0.2, 0.25) is 0 Å². The summed E-state index contributed by atoms with van der Waals surface area (Å²) in [5.41, 5.74) is 6.22. The molecule has 0 spiro atoms. The Morgan fingerprint density at radius 3 is 3.00 bits per heavy atom. The lowest BCUT2D eigenvalue weighted by Crippen LogP contribution is -1.93. The van der Waals surface area contributed by atoms with E-state index in [0.29, 0.717) is 11.0 Å². The van der Waals surface area contributed by atoms with Gasteiger partial charge in [-0.15, -0.1) is 11.3 Å². The molecule has 2 rings (SSSR count). The molecular weight excluding hydrogens is 255 g/mol. The fourth-order valence-corrected chi connectivity index (χ4v) is 2.64. The topological polar surface area (TPSA) is 38.9 Å². The Labute approximate surface area is 86.7 Å². The van der Waals surface area contributed by atoms with Crippen LogP contribution in [0.25, 0.3) is 10.2 Å². The zero-order valence-electron chi connectivity index (χ0n) is 6.55. The highest BCUT2D eigenvalue weighted by Gasteiger charge is 2.07. The fourth-order valence-electron chi connectivity index (χ4n) is 1.09. The minimum Gasteiger partial charge on any atom is -0.325 e. The molecule has 0 saturated heterocycles. The minimum atomic E-state index is -0.258. The van der Waals surface area contributed by atoms with Gasteiger partial charge in [0.15, 0.2) is 0 Å². The van der Waals surface area contributed by atoms with Gasteiger partial charge in [0, 0.05) is 11.0 Å². The second-order valence-electron chi connectivity index (χ2n) is 2.55. The summed E-state index contributed by atoms with van der Waals surface area (Å²) in [4.78, 5) is 4.25. The monoisotopic (exact) mass is 260 g/mol. The van der Waals surface area contributed by atoms with Gasteiger partial charge in [0.05, 0.1) is 10.2 Å². The number of hydrogen-bond acceptors (Lipinski definition) is 3. The van der Waals surface area contributed by atoms with E-state index in [-0.39, 0.29) is 5.82 Å². The van der Waals surface area contributed by atoms with Gasteiger partial charge in [-0.25, -0.2) is 9.37 Å². The zero-order chi connectivity index (χ0) is 9.42. The quantitative estimate of drug-likeness (QED) is 0.857. The lowest BCUT2D eigenvalue weighted by Gasteiger charge is -1.91. The van der Waals surface area contributed by atoms with E-state index in [0.717, 1.165) is 15.2 Å². The van der Waals surface area contributed by atoms with E-state index in [1.807, 2.05) is 0 Å². The van der Waals surface area contributed by atoms with E-state index < -0.39 is 0 Å². The summed E-state index contributed by atoms with van der Waals surface area (Å²) in [6.45, 7) is 0.396. The highest BCUT2D eigenvalue weighted by atomic mass is 79.9. The summed E-state index contributed by atoms with van der Waals surface area (Å²) in [7, 11) is 0. The lowest BCUT2D eigenvalue weighted by atomic mass is 10.3. The van der Waals surface area contributed by atoms with Gasteiger partial charge in [-0.05, 0) is 28.1 Å². The molecule has 68 valence electrons. The van der Waals surface area contributed by atoms with Crippen molar-refractivity contribution in [1.29, 1.82) is 0 Å². The molecule has 1 heterocycles. The van der Waals surface area contributed by atoms with Crippen molar-refractivity contribution in [3.8, 4) is 0 Å². The van der Waals surface area contributed by atoms with Crippen LogP contribution in [0.3, 0.4) is 0 Å². The first-order valence-corrected chi connectivity index (χ1v) is 5.26. The van der Waals surface area contributed by atoms with Crippen LogP contribution in [0.2, 0.25) is 0 Å². The Morgan fingerprint density at radius 1 is 1.54 bits per heavy atom. The molecule has 2 nitrogen and oxygen atoms in total. The molecule has 0 radical (unpaired) electrons. The number of halogens is 2. The molecule has 0 fully saturated rings. The van der Waals surface area contributed by atoms with E-state index >= 15 is 0 Å². The van der Waals surface area contributed by atoms with Crippen molar-refractivity contribution in [3.63, 3.8) is 0 Å². The Kier molecular flexibility index (Phi) is 2.31. The summed E-state index contributed by atoms with van der Waals surface area (Å²) in [6.07, 6.45) is 0. The number of nitrogens with two attached hydrogens (primary N) is 1. The Balaban J connectivity index is 2.75. The predicted molar refractivity (Wildman–Crippen MR) is 55.2 cm³/mol. The number of nitrogens with zero attached hydrogens (tertiary/aromatic N) is 1. The summed E-state index contributed by atoms with van der Waals surface area (Å²) in [5.74, 6) is -0.258. The molecule has 0 bridgehead atoms. The molecule has 2 aromatic rings. The Hall–Kier alpha value is -0.520. The van der Waals surface area contributed by atoms with Crippen LogP contribution in [0, 0.1) is 5.82 Å². The van der Waals surface area contributed by atoms with Crippen LogP contribution < -0.4 is 5.73 Å². The van der Waals surface area contributed by atoms with Crippen molar-refractivity contribution in [2.45, 2.75) is 6.54 Å². The number of thiazole rings is 1. The predicted octanol–water partition coefficient (Wildman–Crippen LogP) is 2.66. The van der Waals surface area contributed by atoms with Crippen molar-refractivity contribution in [2.75, 3.05) is 0 Å². The highest BCUT2D eigenvalue weighted by Crippen LogP contribution is 2.29. The van der Waals surface area contributed by atoms with Crippen LogP contribution >= 0.6 is 27.3 Å². The highest BCUT2D eigenvalue weighted by molar-refractivity contribution is 9.10. The van der Waals surface area contributed by atoms with Crippen molar-refractivity contribution >= 4 is 37.5 Å². The number of benzene rings is 1. The van der Waals surface area contributed by atoms with Gasteiger partial charge in [-0.2, -0.15) is 0 Å². The van der Waals surface area contributed by atoms with E-state index in [4.69, 9.17) is 5.73 Å². The van der Waals surface area contributed by atoms with Crippen molar-refractivity contribution in [1.82, 2.24) is 4.98 Å². The van der Waals surface area contributed by atoms with Crippen molar-refractivity contribution in [2.24, 2.45) is 5.73 Å². The van der Waals surface area contributed by atoms with Crippen molar-refractivity contribution < 1.29 is 4.39 Å². The molecule has 0 aliphatic carbocycles. The molecule has 0 aliphatic heterocycles. The Bertz CT molecular complexity index is 455. The minimum absolute atomic E-state index is 0.258. The van der Waals surface area contributed by atoms with Gasteiger partial charge in [-0.1, -0.05) is 0 Å². The maximum Gasteiger partial charge on any atom is 0.125 e. The molecule has 0 saturated carbocycles. The fraction of sp³-hybridized carbons (Fsp3) is 0.125. The number of hydrogen-bond donors (Lipinski definition) is 1. The van der Waals surface area contributed by atoms with Crippen LogP contribution in [0.5, 0.6) is 0 Å². The Morgan fingerprint density at radius 2 is 2.31 bits per heavy atom. The second kappa shape index (κ2) is 3.32. The van der Waals surface area contributed by atoms with Crippen LogP contribution in [0.1, 0.15) is 5.01 Å². The molecule has 2 N–H and O–H groups in total. The van der Waals surface area contributed by atoms with Crippen LogP contribution in [-0.4, -0.2) is 4.98 Å². The first-order valence-electron chi connectivity index (χ1n) is 3.65. The van der Waals surface area contributed by atoms with E-state index in [1.165, 1.54) is 23.5 Å². The lowest BCUT2D eigenvalue weighted by molar-refractivity contribution is 0.629. The van der Waals surface area contributed by atoms with Gasteiger partial charge in [-0.3, -0.25) is 0 Å². The maximum absolute atomic E-state index is 12.9. The van der Waals surface area contributed by atoms with Crippen LogP contribution in [0.15, 0.2) is 16.6 Å². The van der Waals surface area contributed by atoms with E-state index in [9.17, 15) is 4.39 Å². The number of aromatic nitrogens is 1. The molecule has 0 amide bonds. The normalized spacial score (nSPS) is 11.0. The number of rotatable bonds is 1. The largest absolute Gasteiger partial charge is 0.325 e. The SMILES string of the molecule is NCc1nc2c(Br)cc(F)cc2s1. The van der Waals surface area contributed by atoms with E-state index in [2.05, 4.69) is 20.9 Å². The molecular formula is C8H6BrFN2S. The molecule has 0 atom stereocenters. The zero-order valence-corrected chi connectivity index (χ0v) is 8.95. The standard InChI is InChI=1S/C8H6BrFN2S/c9-5-1-4(10)2-6-8(5)12-7(3-11)13-6/h1-2H,3,11H2. The third-order valence-electron chi connectivity index (χ3n) is 1.63. The van der Waals surface area contributed by atoms with Gasteiger partial charge < -0.3 is 5.73 Å². The molecule has 0 unspecified atom stereocenters. The average Bonchev–Trinajstić information content (AvgIpc) is 2.47. The number of fused-ring (bicyclic) bond motifs is 1. The van der Waals surface area contributed by atoms with Crippen LogP contribution in [0.4, 0.5) is 4.39 Å². The van der Waals surface area contributed by atoms with Gasteiger partial charge >= 0.3 is 0 Å². The summed E-state index contributed by atoms with van der Waals surface area (Å²) in [6, 6.07) is 2.87. The van der Waals surface area contributed by atoms with Crippen molar-refractivity contribution in [3.05, 3.63) is 27.4 Å². The summed E-state index contributed by atoms with van der Waals surface area (Å²) in [5, 5.41) is 0.821. The average molecular weight is 261 g/mol. The molecule has 0 aliphatic rings. The molecule has 13 heavy (non-hydrogen) atoms. The third kappa shape index (κ3) is 1.59. The smallest absolute Gasteiger partial charge is 0.125 e. The first kappa shape index (κ1) is 9.05. The van der Waals surface area contributed by atoms with Gasteiger partial charge in [0.25, 0.3) is 0 Å². The van der Waals surface area contributed by atoms with Crippen LogP contribution in [-0.2, 0) is 6.54 Å². The first-order chi connectivity index (χ1) is 6.20. The molecule has 1 aromatic carbocycles. The molecule has 1 aromatic heterocycles. The van der Waals surface area contributed by atoms with Gasteiger partial charge in [0.1, 0.15) is 10.8 Å². The maximum atomic E-state index is 12.9. The summed E-state index contributed by atoms with van der Waals surface area (Å²) >= 11 is 4.67.